The number of carboxylic acid groups (broad SMARTS) is 1. The predicted octanol–water partition coefficient (Wildman–Crippen LogP) is 1.29. The Morgan fingerprint density at radius 1 is 1.06 bits per heavy atom. The van der Waals surface area contributed by atoms with Crippen molar-refractivity contribution in [1.29, 1.82) is 0 Å². The van der Waals surface area contributed by atoms with E-state index < -0.39 is 17.9 Å². The van der Waals surface area contributed by atoms with Gasteiger partial charge in [-0.2, -0.15) is 0 Å². The van der Waals surface area contributed by atoms with Gasteiger partial charge in [0.25, 0.3) is 0 Å². The number of hydrogen-bond acceptors (Lipinski definition) is 5. The minimum Gasteiger partial charge on any atom is -0.481 e. The predicted molar refractivity (Wildman–Crippen MR) is 62.8 cm³/mol. The van der Waals surface area contributed by atoms with Crippen LogP contribution in [-0.4, -0.2) is 36.2 Å². The van der Waals surface area contributed by atoms with Gasteiger partial charge in [-0.05, 0) is 19.8 Å². The average Bonchev–Trinajstić information content (AvgIpc) is 2.29. The monoisotopic (exact) mass is 258 g/mol. The lowest BCUT2D eigenvalue weighted by atomic mass is 10.2. The van der Waals surface area contributed by atoms with Gasteiger partial charge in [0.1, 0.15) is 13.2 Å². The first-order valence-electron chi connectivity index (χ1n) is 5.63. The first-order chi connectivity index (χ1) is 8.43. The normalized spacial score (nSPS) is 9.61. The lowest BCUT2D eigenvalue weighted by Gasteiger charge is -2.05. The number of carbonyl (C=O) groups is 3. The third kappa shape index (κ3) is 9.38. The summed E-state index contributed by atoms with van der Waals surface area (Å²) >= 11 is 0. The van der Waals surface area contributed by atoms with Crippen LogP contribution in [0.2, 0.25) is 0 Å². The van der Waals surface area contributed by atoms with Gasteiger partial charge in [-0.15, -0.1) is 0 Å². The molecule has 0 bridgehead atoms. The highest BCUT2D eigenvalue weighted by Gasteiger charge is 2.06. The first kappa shape index (κ1) is 16.1. The molecule has 0 aromatic heterocycles. The van der Waals surface area contributed by atoms with E-state index in [9.17, 15) is 14.4 Å². The maximum atomic E-state index is 11.1. The minimum absolute atomic E-state index is 0.00319. The second-order valence-electron chi connectivity index (χ2n) is 3.74. The van der Waals surface area contributed by atoms with Gasteiger partial charge < -0.3 is 14.6 Å². The Bertz CT molecular complexity index is 321. The Morgan fingerprint density at radius 3 is 2.17 bits per heavy atom. The zero-order chi connectivity index (χ0) is 14.0. The number of aliphatic carboxylic acids is 1. The summed E-state index contributed by atoms with van der Waals surface area (Å²) in [7, 11) is 0. The Labute approximate surface area is 106 Å². The molecule has 0 fully saturated rings. The van der Waals surface area contributed by atoms with Crippen molar-refractivity contribution in [1.82, 2.24) is 0 Å². The van der Waals surface area contributed by atoms with Crippen LogP contribution in [0.4, 0.5) is 0 Å². The molecule has 0 spiro atoms. The van der Waals surface area contributed by atoms with Crippen LogP contribution in [0.15, 0.2) is 12.2 Å². The van der Waals surface area contributed by atoms with Crippen molar-refractivity contribution in [2.75, 3.05) is 13.2 Å². The molecule has 0 saturated carbocycles. The van der Waals surface area contributed by atoms with Gasteiger partial charge >= 0.3 is 17.9 Å². The van der Waals surface area contributed by atoms with Gasteiger partial charge in [0.2, 0.25) is 0 Å². The molecule has 0 aromatic carbocycles. The molecular weight excluding hydrogens is 240 g/mol. The molecule has 0 atom stereocenters. The second kappa shape index (κ2) is 9.21. The highest BCUT2D eigenvalue weighted by Crippen LogP contribution is 2.01. The summed E-state index contributed by atoms with van der Waals surface area (Å²) in [5.41, 5.74) is 0.287. The molecule has 0 amide bonds. The summed E-state index contributed by atoms with van der Waals surface area (Å²) in [5.74, 6) is -1.82. The second-order valence-corrected chi connectivity index (χ2v) is 3.74. The van der Waals surface area contributed by atoms with E-state index in [-0.39, 0.29) is 31.6 Å². The maximum absolute atomic E-state index is 11.1. The average molecular weight is 258 g/mol. The summed E-state index contributed by atoms with van der Waals surface area (Å²) in [5, 5.41) is 8.38. The zero-order valence-corrected chi connectivity index (χ0v) is 10.4. The molecule has 18 heavy (non-hydrogen) atoms. The van der Waals surface area contributed by atoms with Gasteiger partial charge in [-0.25, -0.2) is 4.79 Å². The van der Waals surface area contributed by atoms with E-state index in [1.165, 1.54) is 6.92 Å². The van der Waals surface area contributed by atoms with Crippen LogP contribution in [0.25, 0.3) is 0 Å². The largest absolute Gasteiger partial charge is 0.481 e. The highest BCUT2D eigenvalue weighted by molar-refractivity contribution is 5.86. The molecule has 0 heterocycles. The molecule has 1 N–H and O–H groups in total. The molecule has 0 aliphatic heterocycles. The topological polar surface area (TPSA) is 89.9 Å². The Kier molecular flexibility index (Phi) is 8.26. The smallest absolute Gasteiger partial charge is 0.333 e. The quantitative estimate of drug-likeness (QED) is 0.381. The van der Waals surface area contributed by atoms with Crippen LogP contribution in [0.5, 0.6) is 0 Å². The van der Waals surface area contributed by atoms with Crippen LogP contribution >= 0.6 is 0 Å². The van der Waals surface area contributed by atoms with Crippen molar-refractivity contribution in [2.24, 2.45) is 0 Å². The van der Waals surface area contributed by atoms with Crippen molar-refractivity contribution in [3.8, 4) is 0 Å². The van der Waals surface area contributed by atoms with E-state index in [1.54, 1.807) is 0 Å². The lowest BCUT2D eigenvalue weighted by Crippen LogP contribution is -2.14. The molecule has 0 radical (unpaired) electrons. The van der Waals surface area contributed by atoms with Gasteiger partial charge in [0.15, 0.2) is 0 Å². The van der Waals surface area contributed by atoms with Crippen LogP contribution in [0.3, 0.4) is 0 Å². The first-order valence-corrected chi connectivity index (χ1v) is 5.63. The third-order valence-corrected chi connectivity index (χ3v) is 1.95. The summed E-state index contributed by atoms with van der Waals surface area (Å²) in [6.45, 7) is 4.92. The number of hydrogen-bond donors (Lipinski definition) is 1. The molecular formula is C12H18O6. The van der Waals surface area contributed by atoms with E-state index in [0.29, 0.717) is 12.8 Å². The van der Waals surface area contributed by atoms with E-state index in [1.807, 2.05) is 0 Å². The molecule has 0 saturated heterocycles. The Balaban J connectivity index is 3.45. The summed E-state index contributed by atoms with van der Waals surface area (Å²) < 4.78 is 9.50. The highest BCUT2D eigenvalue weighted by atomic mass is 16.6. The number of unbranched alkanes of at least 4 members (excludes halogenated alkanes) is 1. The number of carboxylic acids is 1. The molecule has 0 aliphatic rings. The Hall–Kier alpha value is -1.85. The van der Waals surface area contributed by atoms with E-state index in [2.05, 4.69) is 6.58 Å². The van der Waals surface area contributed by atoms with Gasteiger partial charge in [0, 0.05) is 18.4 Å². The van der Waals surface area contributed by atoms with Crippen molar-refractivity contribution in [2.45, 2.75) is 32.6 Å². The summed E-state index contributed by atoms with van der Waals surface area (Å²) in [4.78, 5) is 32.3. The molecule has 6 heteroatoms. The number of carbonyl (C=O) groups excluding carboxylic acids is 2. The lowest BCUT2D eigenvalue weighted by molar-refractivity contribution is -0.150. The maximum Gasteiger partial charge on any atom is 0.333 e. The fourth-order valence-corrected chi connectivity index (χ4v) is 1.03. The molecule has 102 valence electrons. The molecule has 0 aromatic rings. The molecule has 0 rings (SSSR count). The van der Waals surface area contributed by atoms with Crippen molar-refractivity contribution in [3.05, 3.63) is 12.2 Å². The van der Waals surface area contributed by atoms with Crippen LogP contribution in [0.1, 0.15) is 32.6 Å². The number of ether oxygens (including phenoxy) is 2. The Morgan fingerprint density at radius 2 is 1.61 bits per heavy atom. The SMILES string of the molecule is C=C(C)C(=O)OCCOC(=O)CCCCC(=O)O. The van der Waals surface area contributed by atoms with Crippen LogP contribution < -0.4 is 0 Å². The molecule has 0 unspecified atom stereocenters. The summed E-state index contributed by atoms with van der Waals surface area (Å²) in [6.07, 6.45) is 1.12. The summed E-state index contributed by atoms with van der Waals surface area (Å²) in [6, 6.07) is 0. The van der Waals surface area contributed by atoms with Gasteiger partial charge in [-0.1, -0.05) is 6.58 Å². The van der Waals surface area contributed by atoms with Crippen LogP contribution in [-0.2, 0) is 23.9 Å². The van der Waals surface area contributed by atoms with E-state index in [0.717, 1.165) is 0 Å². The van der Waals surface area contributed by atoms with E-state index in [4.69, 9.17) is 14.6 Å². The molecule has 6 nitrogen and oxygen atoms in total. The number of rotatable bonds is 9. The zero-order valence-electron chi connectivity index (χ0n) is 10.4. The fourth-order valence-electron chi connectivity index (χ4n) is 1.03. The number of esters is 2. The van der Waals surface area contributed by atoms with Crippen LogP contribution in [0, 0.1) is 0 Å². The van der Waals surface area contributed by atoms with Gasteiger partial charge in [-0.3, -0.25) is 9.59 Å². The van der Waals surface area contributed by atoms with Gasteiger partial charge in [0.05, 0.1) is 0 Å². The third-order valence-electron chi connectivity index (χ3n) is 1.95. The van der Waals surface area contributed by atoms with Crippen molar-refractivity contribution >= 4 is 17.9 Å². The molecule has 0 aliphatic carbocycles. The fraction of sp³-hybridized carbons (Fsp3) is 0.583. The van der Waals surface area contributed by atoms with E-state index >= 15 is 0 Å². The minimum atomic E-state index is -0.880. The standard InChI is InChI=1S/C12H18O6/c1-9(2)12(16)18-8-7-17-11(15)6-4-3-5-10(13)14/h1,3-8H2,2H3,(H,13,14). The van der Waals surface area contributed by atoms with Crippen molar-refractivity contribution < 1.29 is 29.0 Å². The van der Waals surface area contributed by atoms with Crippen molar-refractivity contribution in [3.63, 3.8) is 0 Å².